The van der Waals surface area contributed by atoms with Crippen LogP contribution in [0.4, 0.5) is 0 Å². The molecule has 7 heteroatoms. The zero-order valence-electron chi connectivity index (χ0n) is 14.9. The fourth-order valence-electron chi connectivity index (χ4n) is 3.16. The largest absolute Gasteiger partial charge is 0.377 e. The molecule has 0 spiro atoms. The molecular weight excluding hydrogens is 304 g/mol. The normalized spacial score (nSPS) is 20.8. The number of rotatable bonds is 8. The number of nitrogens with zero attached hydrogens (tertiary/aromatic N) is 4. The molecule has 0 bridgehead atoms. The number of aliphatic imine (C=N–C) groups is 1. The molecule has 1 aromatic heterocycles. The van der Waals surface area contributed by atoms with Crippen LogP contribution < -0.4 is 10.6 Å². The van der Waals surface area contributed by atoms with Crippen LogP contribution in [0.1, 0.15) is 50.7 Å². The lowest BCUT2D eigenvalue weighted by Crippen LogP contribution is -2.47. The molecule has 0 saturated heterocycles. The molecule has 1 aromatic rings. The first-order valence-electron chi connectivity index (χ1n) is 9.25. The molecular formula is C17H30N6O. The van der Waals surface area contributed by atoms with Gasteiger partial charge in [0.05, 0.1) is 6.54 Å². The Morgan fingerprint density at radius 2 is 2.25 bits per heavy atom. The minimum absolute atomic E-state index is 0.343. The second-order valence-corrected chi connectivity index (χ2v) is 6.79. The first-order chi connectivity index (χ1) is 11.8. The summed E-state index contributed by atoms with van der Waals surface area (Å²) in [5.41, 5.74) is 0. The highest BCUT2D eigenvalue weighted by Crippen LogP contribution is 2.33. The van der Waals surface area contributed by atoms with Gasteiger partial charge in [-0.1, -0.05) is 12.8 Å². The Bertz CT molecular complexity index is 551. The third kappa shape index (κ3) is 4.93. The molecule has 2 heterocycles. The van der Waals surface area contributed by atoms with E-state index in [0.717, 1.165) is 56.0 Å². The fourth-order valence-corrected chi connectivity index (χ4v) is 3.16. The Morgan fingerprint density at radius 1 is 1.38 bits per heavy atom. The van der Waals surface area contributed by atoms with Gasteiger partial charge in [0.15, 0.2) is 11.8 Å². The van der Waals surface area contributed by atoms with Gasteiger partial charge in [-0.05, 0) is 32.1 Å². The van der Waals surface area contributed by atoms with Crippen molar-refractivity contribution in [2.45, 2.75) is 64.6 Å². The van der Waals surface area contributed by atoms with Crippen LogP contribution in [0.3, 0.4) is 0 Å². The van der Waals surface area contributed by atoms with Crippen molar-refractivity contribution >= 4 is 5.96 Å². The summed E-state index contributed by atoms with van der Waals surface area (Å²) in [6, 6.07) is 0.343. The van der Waals surface area contributed by atoms with Crippen LogP contribution in [0.2, 0.25) is 0 Å². The molecule has 0 aromatic carbocycles. The van der Waals surface area contributed by atoms with Crippen LogP contribution in [0.5, 0.6) is 0 Å². The summed E-state index contributed by atoms with van der Waals surface area (Å²) in [6.07, 6.45) is 7.37. The molecule has 0 radical (unpaired) electrons. The molecule has 3 rings (SSSR count). The molecule has 0 amide bonds. The van der Waals surface area contributed by atoms with Gasteiger partial charge in [0, 0.05) is 32.7 Å². The molecule has 1 unspecified atom stereocenters. The summed E-state index contributed by atoms with van der Waals surface area (Å²) in [5.74, 6) is 3.75. The number of methoxy groups -OCH3 is 1. The predicted molar refractivity (Wildman–Crippen MR) is 93.9 cm³/mol. The maximum Gasteiger partial charge on any atom is 0.191 e. The zero-order chi connectivity index (χ0) is 16.8. The quantitative estimate of drug-likeness (QED) is 0.428. The van der Waals surface area contributed by atoms with Gasteiger partial charge in [0.25, 0.3) is 0 Å². The first-order valence-corrected chi connectivity index (χ1v) is 9.25. The van der Waals surface area contributed by atoms with Crippen molar-refractivity contribution in [1.29, 1.82) is 0 Å². The number of hydrogen-bond acceptors (Lipinski definition) is 4. The highest BCUT2D eigenvalue weighted by atomic mass is 16.5. The Hall–Kier alpha value is -1.63. The van der Waals surface area contributed by atoms with Crippen LogP contribution in [-0.2, 0) is 24.3 Å². The fraction of sp³-hybridized carbons (Fsp3) is 0.824. The lowest BCUT2D eigenvalue weighted by atomic mass is 10.1. The van der Waals surface area contributed by atoms with E-state index in [0.29, 0.717) is 12.6 Å². The standard InChI is InChI=1S/C17H30N6O/c1-3-18-17(19-10-4-5-13-6-7-13)20-14-8-9-16-21-15(12-24-2)22-23(16)11-14/h13-14H,3-12H2,1-2H3,(H2,18,19,20). The summed E-state index contributed by atoms with van der Waals surface area (Å²) in [6.45, 7) is 5.20. The SMILES string of the molecule is CCNC(=NCCCC1CC1)NC1CCc2nc(COC)nn2C1. The highest BCUT2D eigenvalue weighted by Gasteiger charge is 2.22. The highest BCUT2D eigenvalue weighted by molar-refractivity contribution is 5.80. The van der Waals surface area contributed by atoms with Gasteiger partial charge in [0.1, 0.15) is 12.4 Å². The molecule has 1 atom stereocenters. The van der Waals surface area contributed by atoms with Crippen molar-refractivity contribution in [3.05, 3.63) is 11.6 Å². The third-order valence-corrected chi connectivity index (χ3v) is 4.60. The summed E-state index contributed by atoms with van der Waals surface area (Å²) in [7, 11) is 1.67. The Labute approximate surface area is 144 Å². The minimum atomic E-state index is 0.343. The van der Waals surface area contributed by atoms with Gasteiger partial charge >= 0.3 is 0 Å². The summed E-state index contributed by atoms with van der Waals surface area (Å²) in [5, 5.41) is 11.4. The van der Waals surface area contributed by atoms with Crippen LogP contribution in [0.15, 0.2) is 4.99 Å². The van der Waals surface area contributed by atoms with E-state index in [2.05, 4.69) is 27.6 Å². The van der Waals surface area contributed by atoms with Crippen molar-refractivity contribution in [2.75, 3.05) is 20.2 Å². The molecule has 1 saturated carbocycles. The molecule has 7 nitrogen and oxygen atoms in total. The van der Waals surface area contributed by atoms with Crippen molar-refractivity contribution in [3.63, 3.8) is 0 Å². The number of guanidine groups is 1. The Kier molecular flexibility index (Phi) is 6.07. The third-order valence-electron chi connectivity index (χ3n) is 4.60. The van der Waals surface area contributed by atoms with Crippen molar-refractivity contribution in [2.24, 2.45) is 10.9 Å². The summed E-state index contributed by atoms with van der Waals surface area (Å²) >= 11 is 0. The second-order valence-electron chi connectivity index (χ2n) is 6.79. The topological polar surface area (TPSA) is 76.4 Å². The van der Waals surface area contributed by atoms with Gasteiger partial charge in [-0.25, -0.2) is 9.67 Å². The number of nitrogens with one attached hydrogen (secondary N) is 2. The van der Waals surface area contributed by atoms with E-state index in [-0.39, 0.29) is 0 Å². The Morgan fingerprint density at radius 3 is 3.00 bits per heavy atom. The van der Waals surface area contributed by atoms with Gasteiger partial charge in [0.2, 0.25) is 0 Å². The molecule has 2 N–H and O–H groups in total. The molecule has 1 aliphatic heterocycles. The summed E-state index contributed by atoms with van der Waals surface area (Å²) < 4.78 is 7.13. The van der Waals surface area contributed by atoms with Gasteiger partial charge in [-0.3, -0.25) is 4.99 Å². The van der Waals surface area contributed by atoms with E-state index in [1.807, 2.05) is 4.68 Å². The van der Waals surface area contributed by atoms with Crippen LogP contribution in [-0.4, -0.2) is 47.0 Å². The van der Waals surface area contributed by atoms with Crippen LogP contribution in [0.25, 0.3) is 0 Å². The molecule has 1 aliphatic carbocycles. The smallest absolute Gasteiger partial charge is 0.191 e. The first kappa shape index (κ1) is 17.2. The van der Waals surface area contributed by atoms with Crippen LogP contribution in [0, 0.1) is 5.92 Å². The lowest BCUT2D eigenvalue weighted by molar-refractivity contribution is 0.177. The number of ether oxygens (including phenoxy) is 1. The average Bonchev–Trinajstić information content (AvgIpc) is 3.30. The van der Waals surface area contributed by atoms with Gasteiger partial charge < -0.3 is 15.4 Å². The predicted octanol–water partition coefficient (Wildman–Crippen LogP) is 1.48. The van der Waals surface area contributed by atoms with E-state index < -0.39 is 0 Å². The van der Waals surface area contributed by atoms with Crippen molar-refractivity contribution in [1.82, 2.24) is 25.4 Å². The number of aryl methyl sites for hydroxylation is 1. The van der Waals surface area contributed by atoms with Crippen molar-refractivity contribution < 1.29 is 4.74 Å². The maximum absolute atomic E-state index is 5.12. The summed E-state index contributed by atoms with van der Waals surface area (Å²) in [4.78, 5) is 9.25. The van der Waals surface area contributed by atoms with E-state index in [1.54, 1.807) is 7.11 Å². The van der Waals surface area contributed by atoms with E-state index in [1.165, 1.54) is 25.7 Å². The van der Waals surface area contributed by atoms with Gasteiger partial charge in [-0.15, -0.1) is 0 Å². The molecule has 24 heavy (non-hydrogen) atoms. The molecule has 1 fully saturated rings. The van der Waals surface area contributed by atoms with E-state index in [9.17, 15) is 0 Å². The maximum atomic E-state index is 5.12. The number of fused-ring (bicyclic) bond motifs is 1. The second kappa shape index (κ2) is 8.46. The lowest BCUT2D eigenvalue weighted by Gasteiger charge is -2.25. The van der Waals surface area contributed by atoms with Crippen LogP contribution >= 0.6 is 0 Å². The average molecular weight is 334 g/mol. The number of hydrogen-bond donors (Lipinski definition) is 2. The minimum Gasteiger partial charge on any atom is -0.377 e. The van der Waals surface area contributed by atoms with E-state index in [4.69, 9.17) is 9.73 Å². The molecule has 2 aliphatic rings. The van der Waals surface area contributed by atoms with E-state index >= 15 is 0 Å². The Balaban J connectivity index is 1.51. The zero-order valence-corrected chi connectivity index (χ0v) is 14.9. The van der Waals surface area contributed by atoms with Crippen molar-refractivity contribution in [3.8, 4) is 0 Å². The monoisotopic (exact) mass is 334 g/mol. The van der Waals surface area contributed by atoms with Gasteiger partial charge in [-0.2, -0.15) is 5.10 Å². The molecule has 134 valence electrons. The number of aromatic nitrogens is 3.